The molecule has 0 atom stereocenters. The average molecular weight is 409 g/mol. The molecule has 29 heavy (non-hydrogen) atoms. The van der Waals surface area contributed by atoms with Crippen LogP contribution in [-0.4, -0.2) is 23.9 Å². The molecular formula is C23H24N2O3S. The van der Waals surface area contributed by atoms with E-state index in [1.54, 1.807) is 19.2 Å². The SMILES string of the molecule is CCOc1ccc(NC(=S)N(Cc2ccccc2O)c2cccc(OC)c2)cc1. The molecule has 5 nitrogen and oxygen atoms in total. The summed E-state index contributed by atoms with van der Waals surface area (Å²) in [5.41, 5.74) is 2.48. The topological polar surface area (TPSA) is 54.0 Å². The highest BCUT2D eigenvalue weighted by molar-refractivity contribution is 7.80. The van der Waals surface area contributed by atoms with Gasteiger partial charge in [-0.1, -0.05) is 24.3 Å². The number of ether oxygens (including phenoxy) is 2. The van der Waals surface area contributed by atoms with Crippen molar-refractivity contribution in [2.24, 2.45) is 0 Å². The fourth-order valence-electron chi connectivity index (χ4n) is 2.87. The molecule has 0 saturated carbocycles. The van der Waals surface area contributed by atoms with Crippen LogP contribution in [0.2, 0.25) is 0 Å². The van der Waals surface area contributed by atoms with Gasteiger partial charge in [-0.05, 0) is 61.6 Å². The van der Waals surface area contributed by atoms with Crippen molar-refractivity contribution in [2.45, 2.75) is 13.5 Å². The van der Waals surface area contributed by atoms with Crippen LogP contribution in [0, 0.1) is 0 Å². The highest BCUT2D eigenvalue weighted by Crippen LogP contribution is 2.27. The van der Waals surface area contributed by atoms with Gasteiger partial charge in [-0.3, -0.25) is 0 Å². The first-order valence-electron chi connectivity index (χ1n) is 9.33. The van der Waals surface area contributed by atoms with Crippen LogP contribution in [0.15, 0.2) is 72.8 Å². The quantitative estimate of drug-likeness (QED) is 0.524. The second kappa shape index (κ2) is 9.80. The normalized spacial score (nSPS) is 10.3. The van der Waals surface area contributed by atoms with Crippen LogP contribution in [-0.2, 0) is 6.54 Å². The molecule has 0 bridgehead atoms. The minimum Gasteiger partial charge on any atom is -0.508 e. The minimum atomic E-state index is 0.226. The zero-order chi connectivity index (χ0) is 20.6. The van der Waals surface area contributed by atoms with Crippen molar-refractivity contribution in [2.75, 3.05) is 23.9 Å². The van der Waals surface area contributed by atoms with E-state index in [-0.39, 0.29) is 5.75 Å². The fraction of sp³-hybridized carbons (Fsp3) is 0.174. The van der Waals surface area contributed by atoms with E-state index < -0.39 is 0 Å². The molecule has 0 aliphatic rings. The molecule has 0 heterocycles. The third-order valence-corrected chi connectivity index (χ3v) is 4.67. The van der Waals surface area contributed by atoms with E-state index in [9.17, 15) is 5.11 Å². The molecule has 3 aromatic rings. The van der Waals surface area contributed by atoms with Crippen LogP contribution >= 0.6 is 12.2 Å². The lowest BCUT2D eigenvalue weighted by molar-refractivity contribution is 0.340. The maximum absolute atomic E-state index is 10.2. The van der Waals surface area contributed by atoms with Crippen molar-refractivity contribution in [1.29, 1.82) is 0 Å². The summed E-state index contributed by atoms with van der Waals surface area (Å²) in [6, 6.07) is 22.5. The molecule has 0 unspecified atom stereocenters. The molecule has 0 amide bonds. The van der Waals surface area contributed by atoms with Gasteiger partial charge >= 0.3 is 0 Å². The molecular weight excluding hydrogens is 384 g/mol. The molecule has 0 spiro atoms. The number of phenols is 1. The van der Waals surface area contributed by atoms with E-state index in [0.29, 0.717) is 18.3 Å². The van der Waals surface area contributed by atoms with Crippen molar-refractivity contribution in [3.05, 3.63) is 78.4 Å². The van der Waals surface area contributed by atoms with Crippen molar-refractivity contribution in [3.63, 3.8) is 0 Å². The lowest BCUT2D eigenvalue weighted by atomic mass is 10.1. The minimum absolute atomic E-state index is 0.226. The van der Waals surface area contributed by atoms with Gasteiger partial charge in [0, 0.05) is 23.0 Å². The van der Waals surface area contributed by atoms with Gasteiger partial charge in [-0.2, -0.15) is 0 Å². The monoisotopic (exact) mass is 408 g/mol. The van der Waals surface area contributed by atoms with Gasteiger partial charge in [0.05, 0.1) is 20.3 Å². The van der Waals surface area contributed by atoms with Gasteiger partial charge in [-0.25, -0.2) is 0 Å². The third kappa shape index (κ3) is 5.39. The Hall–Kier alpha value is -3.25. The van der Waals surface area contributed by atoms with Crippen LogP contribution in [0.4, 0.5) is 11.4 Å². The second-order valence-corrected chi connectivity index (χ2v) is 6.69. The third-order valence-electron chi connectivity index (χ3n) is 4.35. The summed E-state index contributed by atoms with van der Waals surface area (Å²) in [5, 5.41) is 14.0. The van der Waals surface area contributed by atoms with E-state index in [1.165, 1.54) is 0 Å². The summed E-state index contributed by atoms with van der Waals surface area (Å²) >= 11 is 5.71. The summed E-state index contributed by atoms with van der Waals surface area (Å²) in [7, 11) is 1.63. The Labute approximate surface area is 176 Å². The van der Waals surface area contributed by atoms with Crippen molar-refractivity contribution in [3.8, 4) is 17.2 Å². The highest BCUT2D eigenvalue weighted by atomic mass is 32.1. The van der Waals surface area contributed by atoms with Crippen LogP contribution < -0.4 is 19.7 Å². The van der Waals surface area contributed by atoms with Crippen molar-refractivity contribution >= 4 is 28.7 Å². The number of benzene rings is 3. The molecule has 0 aliphatic carbocycles. The van der Waals surface area contributed by atoms with Gasteiger partial charge < -0.3 is 24.8 Å². The molecule has 0 aliphatic heterocycles. The predicted molar refractivity (Wildman–Crippen MR) is 121 cm³/mol. The molecule has 3 aromatic carbocycles. The molecule has 150 valence electrons. The van der Waals surface area contributed by atoms with Gasteiger partial charge in [0.25, 0.3) is 0 Å². The average Bonchev–Trinajstić information content (AvgIpc) is 2.74. The number of nitrogens with one attached hydrogen (secondary N) is 1. The number of rotatable bonds is 7. The first-order chi connectivity index (χ1) is 14.1. The van der Waals surface area contributed by atoms with Gasteiger partial charge in [0.15, 0.2) is 5.11 Å². The Morgan fingerprint density at radius 2 is 1.76 bits per heavy atom. The summed E-state index contributed by atoms with van der Waals surface area (Å²) in [6.45, 7) is 2.98. The molecule has 0 aromatic heterocycles. The standard InChI is InChI=1S/C23H24N2O3S/c1-3-28-20-13-11-18(12-14-20)24-23(29)25(16-17-7-4-5-10-22(17)26)19-8-6-9-21(15-19)27-2/h4-15,26H,3,16H2,1-2H3,(H,24,29). The van der Waals surface area contributed by atoms with Gasteiger partial charge in [-0.15, -0.1) is 0 Å². The Morgan fingerprint density at radius 1 is 1.00 bits per heavy atom. The maximum atomic E-state index is 10.2. The van der Waals surface area contributed by atoms with E-state index in [4.69, 9.17) is 21.7 Å². The summed E-state index contributed by atoms with van der Waals surface area (Å²) in [5.74, 6) is 1.76. The molecule has 6 heteroatoms. The zero-order valence-corrected chi connectivity index (χ0v) is 17.3. The number of thiocarbonyl (C=S) groups is 1. The van der Waals surface area contributed by atoms with E-state index in [0.717, 1.165) is 28.4 Å². The van der Waals surface area contributed by atoms with Gasteiger partial charge in [0.1, 0.15) is 17.2 Å². The van der Waals surface area contributed by atoms with Crippen LogP contribution in [0.3, 0.4) is 0 Å². The number of methoxy groups -OCH3 is 1. The maximum Gasteiger partial charge on any atom is 0.178 e. The van der Waals surface area contributed by atoms with Gasteiger partial charge in [0.2, 0.25) is 0 Å². The van der Waals surface area contributed by atoms with Crippen molar-refractivity contribution < 1.29 is 14.6 Å². The lowest BCUT2D eigenvalue weighted by Crippen LogP contribution is -2.34. The van der Waals surface area contributed by atoms with E-state index >= 15 is 0 Å². The van der Waals surface area contributed by atoms with E-state index in [2.05, 4.69) is 5.32 Å². The number of anilines is 2. The Balaban J connectivity index is 1.86. The smallest absolute Gasteiger partial charge is 0.178 e. The summed E-state index contributed by atoms with van der Waals surface area (Å²) in [6.07, 6.45) is 0. The van der Waals surface area contributed by atoms with Crippen LogP contribution in [0.1, 0.15) is 12.5 Å². The fourth-order valence-corrected chi connectivity index (χ4v) is 3.15. The first-order valence-corrected chi connectivity index (χ1v) is 9.74. The second-order valence-electron chi connectivity index (χ2n) is 6.30. The highest BCUT2D eigenvalue weighted by Gasteiger charge is 2.16. The van der Waals surface area contributed by atoms with Crippen molar-refractivity contribution in [1.82, 2.24) is 0 Å². The number of hydrogen-bond donors (Lipinski definition) is 2. The number of aromatic hydroxyl groups is 1. The van der Waals surface area contributed by atoms with Crippen LogP contribution in [0.5, 0.6) is 17.2 Å². The Bertz CT molecular complexity index is 960. The molecule has 2 N–H and O–H groups in total. The van der Waals surface area contributed by atoms with Crippen LogP contribution in [0.25, 0.3) is 0 Å². The predicted octanol–water partition coefficient (Wildman–Crippen LogP) is 5.20. The molecule has 0 fully saturated rings. The largest absolute Gasteiger partial charge is 0.508 e. The van der Waals surface area contributed by atoms with E-state index in [1.807, 2.05) is 72.5 Å². The number of hydrogen-bond acceptors (Lipinski definition) is 4. The summed E-state index contributed by atoms with van der Waals surface area (Å²) in [4.78, 5) is 1.92. The lowest BCUT2D eigenvalue weighted by Gasteiger charge is -2.27. The molecule has 3 rings (SSSR count). The first kappa shape index (κ1) is 20.5. The number of phenolic OH excluding ortho intramolecular Hbond substituents is 1. The molecule has 0 radical (unpaired) electrons. The number of para-hydroxylation sites is 1. The Morgan fingerprint density at radius 3 is 2.45 bits per heavy atom. The number of nitrogens with zero attached hydrogens (tertiary/aromatic N) is 1. The molecule has 0 saturated heterocycles. The Kier molecular flexibility index (Phi) is 6.92. The summed E-state index contributed by atoms with van der Waals surface area (Å²) < 4.78 is 10.8. The zero-order valence-electron chi connectivity index (χ0n) is 16.5.